The molecule has 0 aliphatic carbocycles. The van der Waals surface area contributed by atoms with Crippen molar-refractivity contribution < 1.29 is 0 Å². The fraction of sp³-hybridized carbons (Fsp3) is 0.400. The van der Waals surface area contributed by atoms with E-state index in [9.17, 15) is 0 Å². The van der Waals surface area contributed by atoms with E-state index in [0.29, 0.717) is 0 Å². The predicted octanol–water partition coefficient (Wildman–Crippen LogP) is 3.67. The maximum Gasteiger partial charge on any atom is 0.0645 e. The molecule has 0 spiro atoms. The zero-order valence-electron chi connectivity index (χ0n) is 10.5. The van der Waals surface area contributed by atoms with E-state index in [1.807, 2.05) is 25.3 Å². The lowest BCUT2D eigenvalue weighted by Gasteiger charge is -2.18. The van der Waals surface area contributed by atoms with Gasteiger partial charge in [0.1, 0.15) is 0 Å². The van der Waals surface area contributed by atoms with Crippen LogP contribution in [-0.4, -0.2) is 4.98 Å². The molecule has 0 aromatic carbocycles. The molecular weight excluding hydrogens is 194 g/mol. The Morgan fingerprint density at radius 1 is 1.38 bits per heavy atom. The van der Waals surface area contributed by atoms with E-state index in [1.165, 1.54) is 0 Å². The van der Waals surface area contributed by atoms with Crippen LogP contribution < -0.4 is 0 Å². The quantitative estimate of drug-likeness (QED) is 0.539. The molecule has 1 heterocycles. The van der Waals surface area contributed by atoms with Crippen molar-refractivity contribution in [3.8, 4) is 12.3 Å². The Morgan fingerprint density at radius 3 is 2.44 bits per heavy atom. The molecule has 0 N–H and O–H groups in total. The van der Waals surface area contributed by atoms with Gasteiger partial charge in [-0.25, -0.2) is 0 Å². The molecule has 1 aromatic rings. The molecule has 0 saturated heterocycles. The van der Waals surface area contributed by atoms with Crippen LogP contribution >= 0.6 is 0 Å². The lowest BCUT2D eigenvalue weighted by Crippen LogP contribution is -2.13. The Labute approximate surface area is 98.6 Å². The first-order valence-electron chi connectivity index (χ1n) is 5.54. The molecule has 1 rings (SSSR count). The topological polar surface area (TPSA) is 12.9 Å². The molecule has 0 amide bonds. The molecule has 16 heavy (non-hydrogen) atoms. The smallest absolute Gasteiger partial charge is 0.0645 e. The minimum absolute atomic E-state index is 0.0338. The van der Waals surface area contributed by atoms with Crippen LogP contribution in [0.1, 0.15) is 44.9 Å². The van der Waals surface area contributed by atoms with Crippen molar-refractivity contribution in [1.29, 1.82) is 0 Å². The highest BCUT2D eigenvalue weighted by atomic mass is 14.7. The van der Waals surface area contributed by atoms with Crippen LogP contribution in [0.5, 0.6) is 0 Å². The third-order valence-electron chi connectivity index (χ3n) is 2.48. The van der Waals surface area contributed by atoms with Crippen LogP contribution in [0.3, 0.4) is 0 Å². The van der Waals surface area contributed by atoms with E-state index >= 15 is 0 Å². The Morgan fingerprint density at radius 2 is 2.06 bits per heavy atom. The summed E-state index contributed by atoms with van der Waals surface area (Å²) < 4.78 is 0. The lowest BCUT2D eigenvalue weighted by atomic mass is 9.90. The van der Waals surface area contributed by atoms with Crippen molar-refractivity contribution >= 4 is 0 Å². The summed E-state index contributed by atoms with van der Waals surface area (Å²) in [7, 11) is 0. The second kappa shape index (κ2) is 4.99. The van der Waals surface area contributed by atoms with Crippen molar-refractivity contribution in [1.82, 2.24) is 4.98 Å². The van der Waals surface area contributed by atoms with Crippen molar-refractivity contribution in [2.45, 2.75) is 39.0 Å². The molecule has 1 aromatic heterocycles. The summed E-state index contributed by atoms with van der Waals surface area (Å²) in [5, 5.41) is 0. The summed E-state index contributed by atoms with van der Waals surface area (Å²) in [6, 6.07) is 4.13. The van der Waals surface area contributed by atoms with Gasteiger partial charge in [0.05, 0.1) is 5.92 Å². The van der Waals surface area contributed by atoms with Crippen LogP contribution in [0.2, 0.25) is 0 Å². The molecule has 0 aliphatic heterocycles. The first-order valence-corrected chi connectivity index (χ1v) is 5.54. The van der Waals surface area contributed by atoms with E-state index in [2.05, 4.69) is 43.8 Å². The maximum absolute atomic E-state index is 5.49. The van der Waals surface area contributed by atoms with E-state index in [1.54, 1.807) is 0 Å². The fourth-order valence-corrected chi connectivity index (χ4v) is 1.49. The summed E-state index contributed by atoms with van der Waals surface area (Å²) in [6.07, 6.45) is 11.3. The van der Waals surface area contributed by atoms with Crippen molar-refractivity contribution in [2.24, 2.45) is 0 Å². The summed E-state index contributed by atoms with van der Waals surface area (Å²) >= 11 is 0. The largest absolute Gasteiger partial charge is 0.260 e. The zero-order chi connectivity index (χ0) is 12.2. The highest BCUT2D eigenvalue weighted by Gasteiger charge is 2.15. The number of pyridine rings is 1. The predicted molar refractivity (Wildman–Crippen MR) is 69.3 cm³/mol. The van der Waals surface area contributed by atoms with Gasteiger partial charge in [-0.3, -0.25) is 4.98 Å². The van der Waals surface area contributed by atoms with Crippen LogP contribution in [0, 0.1) is 12.3 Å². The molecule has 1 heteroatoms. The Hall–Kier alpha value is -1.55. The number of nitrogens with zero attached hydrogens (tertiary/aromatic N) is 1. The first kappa shape index (κ1) is 12.5. The molecule has 0 saturated carbocycles. The van der Waals surface area contributed by atoms with Crippen LogP contribution in [-0.2, 0) is 5.41 Å². The fourth-order valence-electron chi connectivity index (χ4n) is 1.49. The van der Waals surface area contributed by atoms with E-state index in [0.717, 1.165) is 11.3 Å². The molecule has 84 valence electrons. The highest BCUT2D eigenvalue weighted by Crippen LogP contribution is 2.22. The van der Waals surface area contributed by atoms with E-state index in [-0.39, 0.29) is 11.3 Å². The average molecular weight is 213 g/mol. The van der Waals surface area contributed by atoms with Gasteiger partial charge < -0.3 is 0 Å². The normalized spacial score (nSPS) is 13.7. The van der Waals surface area contributed by atoms with Gasteiger partial charge in [0.25, 0.3) is 0 Å². The highest BCUT2D eigenvalue weighted by molar-refractivity contribution is 5.31. The minimum Gasteiger partial charge on any atom is -0.260 e. The van der Waals surface area contributed by atoms with Gasteiger partial charge in [-0.1, -0.05) is 44.9 Å². The third-order valence-corrected chi connectivity index (χ3v) is 2.48. The molecule has 0 aliphatic rings. The third kappa shape index (κ3) is 2.97. The van der Waals surface area contributed by atoms with Crippen molar-refractivity contribution in [3.05, 3.63) is 41.7 Å². The standard InChI is InChI=1S/C15H19N/c1-6-8-12(7-2)13-9-10-14(16-11-13)15(3,4)5/h2,6,8-12H,1,3-5H3/b8-6-. The van der Waals surface area contributed by atoms with Gasteiger partial charge in [0.2, 0.25) is 0 Å². The van der Waals surface area contributed by atoms with Gasteiger partial charge in [0, 0.05) is 17.3 Å². The van der Waals surface area contributed by atoms with Crippen molar-refractivity contribution in [3.63, 3.8) is 0 Å². The Kier molecular flexibility index (Phi) is 3.90. The Bertz CT molecular complexity index is 399. The molecule has 0 bridgehead atoms. The number of terminal acetylenes is 1. The first-order chi connectivity index (χ1) is 7.49. The van der Waals surface area contributed by atoms with E-state index < -0.39 is 0 Å². The van der Waals surface area contributed by atoms with Crippen molar-refractivity contribution in [2.75, 3.05) is 0 Å². The van der Waals surface area contributed by atoms with Gasteiger partial charge in [-0.05, 0) is 18.6 Å². The van der Waals surface area contributed by atoms with Gasteiger partial charge in [-0.2, -0.15) is 0 Å². The van der Waals surface area contributed by atoms with Crippen LogP contribution in [0.25, 0.3) is 0 Å². The van der Waals surface area contributed by atoms with Gasteiger partial charge in [0.15, 0.2) is 0 Å². The number of aromatic nitrogens is 1. The number of hydrogen-bond acceptors (Lipinski definition) is 1. The molecule has 1 unspecified atom stereocenters. The molecule has 1 nitrogen and oxygen atoms in total. The van der Waals surface area contributed by atoms with E-state index in [4.69, 9.17) is 6.42 Å². The number of allylic oxidation sites excluding steroid dienone is 2. The van der Waals surface area contributed by atoms with Crippen LogP contribution in [0.4, 0.5) is 0 Å². The Balaban J connectivity index is 2.99. The zero-order valence-corrected chi connectivity index (χ0v) is 10.5. The summed E-state index contributed by atoms with van der Waals surface area (Å²) in [4.78, 5) is 4.47. The average Bonchev–Trinajstić information content (AvgIpc) is 2.25. The summed E-state index contributed by atoms with van der Waals surface area (Å²) in [6.45, 7) is 8.43. The molecule has 0 fully saturated rings. The lowest BCUT2D eigenvalue weighted by molar-refractivity contribution is 0.568. The van der Waals surface area contributed by atoms with Crippen LogP contribution in [0.15, 0.2) is 30.5 Å². The molecule has 1 atom stereocenters. The summed E-state index contributed by atoms with van der Waals surface area (Å²) in [5.41, 5.74) is 2.26. The SMILES string of the molecule is C#CC(/C=C\C)c1ccc(C(C)(C)C)nc1. The number of rotatable bonds is 2. The number of hydrogen-bond donors (Lipinski definition) is 0. The van der Waals surface area contributed by atoms with Gasteiger partial charge >= 0.3 is 0 Å². The monoisotopic (exact) mass is 213 g/mol. The second-order valence-electron chi connectivity index (χ2n) is 4.90. The summed E-state index contributed by atoms with van der Waals surface area (Å²) in [5.74, 6) is 2.78. The second-order valence-corrected chi connectivity index (χ2v) is 4.90. The van der Waals surface area contributed by atoms with Gasteiger partial charge in [-0.15, -0.1) is 6.42 Å². The molecule has 0 radical (unpaired) electrons. The minimum atomic E-state index is 0.0338. The maximum atomic E-state index is 5.49. The molecular formula is C15H19N.